The first-order valence-corrected chi connectivity index (χ1v) is 9.31. The van der Waals surface area contributed by atoms with Crippen LogP contribution in [0.2, 0.25) is 0 Å². The van der Waals surface area contributed by atoms with E-state index in [-0.39, 0.29) is 30.1 Å². The average Bonchev–Trinajstić information content (AvgIpc) is 3.45. The molecular formula is C20H28N2O3. The summed E-state index contributed by atoms with van der Waals surface area (Å²) in [6.45, 7) is 2.31. The van der Waals surface area contributed by atoms with E-state index in [0.717, 1.165) is 45.3 Å². The molecule has 5 heteroatoms. The van der Waals surface area contributed by atoms with Crippen LogP contribution in [0.15, 0.2) is 30.3 Å². The van der Waals surface area contributed by atoms with Crippen molar-refractivity contribution < 1.29 is 14.7 Å². The lowest BCUT2D eigenvalue weighted by Gasteiger charge is -2.39. The number of benzene rings is 1. The molecule has 1 aromatic carbocycles. The van der Waals surface area contributed by atoms with Gasteiger partial charge in [0.1, 0.15) is 0 Å². The van der Waals surface area contributed by atoms with Crippen molar-refractivity contribution in [2.24, 2.45) is 17.8 Å². The normalized spacial score (nSPS) is 23.3. The Bertz CT molecular complexity index is 600. The van der Waals surface area contributed by atoms with Crippen molar-refractivity contribution in [1.29, 1.82) is 0 Å². The zero-order valence-corrected chi connectivity index (χ0v) is 14.9. The van der Waals surface area contributed by atoms with E-state index in [9.17, 15) is 14.7 Å². The number of aliphatic carboxylic acids is 1. The van der Waals surface area contributed by atoms with Crippen LogP contribution in [0.25, 0.3) is 0 Å². The van der Waals surface area contributed by atoms with Gasteiger partial charge in [0.2, 0.25) is 5.91 Å². The molecular weight excluding hydrogens is 316 g/mol. The van der Waals surface area contributed by atoms with Gasteiger partial charge >= 0.3 is 5.97 Å². The first-order valence-electron chi connectivity index (χ1n) is 9.31. The highest BCUT2D eigenvalue weighted by molar-refractivity contribution is 5.81. The second-order valence-corrected chi connectivity index (χ2v) is 7.51. The predicted molar refractivity (Wildman–Crippen MR) is 97.5 cm³/mol. The minimum absolute atomic E-state index is 0.171. The standard InChI is InChI=1S/C20H28N2O3/c1-21(18-5-3-2-4-6-18)11-9-17-14-22(20(25)15-7-8-15)12-10-16(17)13-19(23)24/h2-6,15-17H,7-14H2,1H3,(H,23,24)/t16-,17-/m0/s1. The number of rotatable bonds is 7. The number of para-hydroxylation sites is 1. The van der Waals surface area contributed by atoms with Crippen LogP contribution in [0.1, 0.15) is 32.1 Å². The lowest BCUT2D eigenvalue weighted by Crippen LogP contribution is -2.45. The lowest BCUT2D eigenvalue weighted by molar-refractivity contribution is -0.140. The molecule has 1 heterocycles. The number of carboxylic acid groups (broad SMARTS) is 1. The number of hydrogen-bond acceptors (Lipinski definition) is 3. The van der Waals surface area contributed by atoms with Crippen molar-refractivity contribution in [3.63, 3.8) is 0 Å². The van der Waals surface area contributed by atoms with E-state index in [1.54, 1.807) is 0 Å². The van der Waals surface area contributed by atoms with Gasteiger partial charge in [0.25, 0.3) is 0 Å². The molecule has 1 amide bonds. The quantitative estimate of drug-likeness (QED) is 0.826. The van der Waals surface area contributed by atoms with E-state index in [0.29, 0.717) is 0 Å². The van der Waals surface area contributed by atoms with Crippen molar-refractivity contribution in [3.05, 3.63) is 30.3 Å². The van der Waals surface area contributed by atoms with Gasteiger partial charge in [-0.15, -0.1) is 0 Å². The number of hydrogen-bond donors (Lipinski definition) is 1. The smallest absolute Gasteiger partial charge is 0.303 e. The van der Waals surface area contributed by atoms with Crippen molar-refractivity contribution in [2.45, 2.75) is 32.1 Å². The Morgan fingerprint density at radius 2 is 1.88 bits per heavy atom. The van der Waals surface area contributed by atoms with Gasteiger partial charge in [-0.2, -0.15) is 0 Å². The Kier molecular flexibility index (Phi) is 5.61. The third kappa shape index (κ3) is 4.74. The highest BCUT2D eigenvalue weighted by Gasteiger charge is 2.38. The lowest BCUT2D eigenvalue weighted by atomic mass is 9.81. The van der Waals surface area contributed by atoms with Crippen molar-refractivity contribution >= 4 is 17.6 Å². The van der Waals surface area contributed by atoms with E-state index in [4.69, 9.17) is 0 Å². The number of amides is 1. The van der Waals surface area contributed by atoms with Crippen LogP contribution < -0.4 is 4.90 Å². The molecule has 1 aliphatic heterocycles. The average molecular weight is 344 g/mol. The first kappa shape index (κ1) is 17.8. The van der Waals surface area contributed by atoms with Gasteiger partial charge in [-0.1, -0.05) is 18.2 Å². The molecule has 1 saturated heterocycles. The summed E-state index contributed by atoms with van der Waals surface area (Å²) in [4.78, 5) is 27.8. The van der Waals surface area contributed by atoms with Gasteiger partial charge in [0, 0.05) is 44.7 Å². The van der Waals surface area contributed by atoms with Gasteiger partial charge < -0.3 is 14.9 Å². The predicted octanol–water partition coefficient (Wildman–Crippen LogP) is 2.86. The summed E-state index contributed by atoms with van der Waals surface area (Å²) in [6, 6.07) is 10.2. The van der Waals surface area contributed by atoms with Gasteiger partial charge in [-0.3, -0.25) is 9.59 Å². The molecule has 0 unspecified atom stereocenters. The summed E-state index contributed by atoms with van der Waals surface area (Å²) in [5.74, 6) is 0.232. The fourth-order valence-electron chi connectivity index (χ4n) is 3.86. The van der Waals surface area contributed by atoms with Crippen LogP contribution in [0.4, 0.5) is 5.69 Å². The maximum Gasteiger partial charge on any atom is 0.303 e. The number of carbonyl (C=O) groups excluding carboxylic acids is 1. The molecule has 5 nitrogen and oxygen atoms in total. The highest BCUT2D eigenvalue weighted by Crippen LogP contribution is 2.35. The van der Waals surface area contributed by atoms with E-state index >= 15 is 0 Å². The van der Waals surface area contributed by atoms with E-state index in [2.05, 4.69) is 24.1 Å². The summed E-state index contributed by atoms with van der Waals surface area (Å²) in [6.07, 6.45) is 3.98. The van der Waals surface area contributed by atoms with Crippen LogP contribution >= 0.6 is 0 Å². The van der Waals surface area contributed by atoms with E-state index in [1.807, 2.05) is 23.1 Å². The second-order valence-electron chi connectivity index (χ2n) is 7.51. The number of piperidine rings is 1. The third-order valence-corrected chi connectivity index (χ3v) is 5.60. The molecule has 0 aromatic heterocycles. The highest BCUT2D eigenvalue weighted by atomic mass is 16.4. The largest absolute Gasteiger partial charge is 0.481 e. The summed E-state index contributed by atoms with van der Waals surface area (Å²) in [5.41, 5.74) is 1.17. The van der Waals surface area contributed by atoms with Crippen LogP contribution in [0.5, 0.6) is 0 Å². The van der Waals surface area contributed by atoms with Gasteiger partial charge in [0.05, 0.1) is 0 Å². The van der Waals surface area contributed by atoms with Crippen LogP contribution in [0.3, 0.4) is 0 Å². The Hall–Kier alpha value is -2.04. The summed E-state index contributed by atoms with van der Waals surface area (Å²) < 4.78 is 0. The minimum atomic E-state index is -0.728. The van der Waals surface area contributed by atoms with Gasteiger partial charge in [-0.25, -0.2) is 0 Å². The van der Waals surface area contributed by atoms with Gasteiger partial charge in [-0.05, 0) is 49.7 Å². The molecule has 2 aliphatic rings. The number of anilines is 1. The Morgan fingerprint density at radius 1 is 1.16 bits per heavy atom. The molecule has 1 N–H and O–H groups in total. The number of likely N-dealkylation sites (tertiary alicyclic amines) is 1. The molecule has 0 spiro atoms. The molecule has 136 valence electrons. The van der Waals surface area contributed by atoms with Crippen molar-refractivity contribution in [2.75, 3.05) is 31.6 Å². The maximum absolute atomic E-state index is 12.4. The van der Waals surface area contributed by atoms with Crippen molar-refractivity contribution in [3.8, 4) is 0 Å². The minimum Gasteiger partial charge on any atom is -0.481 e. The summed E-state index contributed by atoms with van der Waals surface area (Å²) in [7, 11) is 2.07. The zero-order chi connectivity index (χ0) is 17.8. The molecule has 2 fully saturated rings. The third-order valence-electron chi connectivity index (χ3n) is 5.60. The maximum atomic E-state index is 12.4. The molecule has 0 radical (unpaired) electrons. The van der Waals surface area contributed by atoms with E-state index < -0.39 is 5.97 Å². The Labute approximate surface area is 149 Å². The van der Waals surface area contributed by atoms with Crippen LogP contribution in [-0.4, -0.2) is 48.6 Å². The number of nitrogens with zero attached hydrogens (tertiary/aromatic N) is 2. The molecule has 0 bridgehead atoms. The van der Waals surface area contributed by atoms with Gasteiger partial charge in [0.15, 0.2) is 0 Å². The molecule has 3 rings (SSSR count). The monoisotopic (exact) mass is 344 g/mol. The molecule has 1 aromatic rings. The Balaban J connectivity index is 1.60. The SMILES string of the molecule is CN(CC[C@H]1CN(C(=O)C2CC2)CC[C@H]1CC(=O)O)c1ccccc1. The summed E-state index contributed by atoms with van der Waals surface area (Å²) in [5, 5.41) is 9.22. The fourth-order valence-corrected chi connectivity index (χ4v) is 3.86. The van der Waals surface area contributed by atoms with Crippen molar-refractivity contribution in [1.82, 2.24) is 4.90 Å². The Morgan fingerprint density at radius 3 is 2.52 bits per heavy atom. The van der Waals surface area contributed by atoms with E-state index in [1.165, 1.54) is 5.69 Å². The summed E-state index contributed by atoms with van der Waals surface area (Å²) >= 11 is 0. The van der Waals surface area contributed by atoms with Crippen LogP contribution in [-0.2, 0) is 9.59 Å². The topological polar surface area (TPSA) is 60.9 Å². The first-order chi connectivity index (χ1) is 12.0. The van der Waals surface area contributed by atoms with Crippen LogP contribution in [0, 0.1) is 17.8 Å². The zero-order valence-electron chi connectivity index (χ0n) is 14.9. The fraction of sp³-hybridized carbons (Fsp3) is 0.600. The number of carboxylic acids is 1. The molecule has 1 aliphatic carbocycles. The second kappa shape index (κ2) is 7.89. The molecule has 25 heavy (non-hydrogen) atoms. The molecule has 1 saturated carbocycles. The number of carbonyl (C=O) groups is 2. The molecule has 2 atom stereocenters.